The topological polar surface area (TPSA) is 56.2 Å². The van der Waals surface area contributed by atoms with Crippen LogP contribution in [-0.4, -0.2) is 0 Å². The standard InChI is InChI=1S/C17H21NO2/c1-11(2)16(18)17-14(15(19)9-12(3)20-17)10-13-7-5-4-6-8-13/h4-9,11,16H,10,18H2,1-3H3/t16-/m1/s1. The quantitative estimate of drug-likeness (QED) is 0.929. The third-order valence-electron chi connectivity index (χ3n) is 3.44. The molecule has 1 aromatic heterocycles. The molecule has 0 aliphatic carbocycles. The predicted molar refractivity (Wildman–Crippen MR) is 80.7 cm³/mol. The molecule has 1 aromatic carbocycles. The van der Waals surface area contributed by atoms with E-state index in [1.165, 1.54) is 6.07 Å². The molecular weight excluding hydrogens is 250 g/mol. The third-order valence-corrected chi connectivity index (χ3v) is 3.44. The fraction of sp³-hybridized carbons (Fsp3) is 0.353. The number of nitrogens with two attached hydrogens (primary N) is 1. The molecule has 0 bridgehead atoms. The normalized spacial score (nSPS) is 12.7. The molecule has 2 rings (SSSR count). The van der Waals surface area contributed by atoms with Crippen molar-refractivity contribution in [3.05, 3.63) is 69.3 Å². The molecule has 2 aromatic rings. The smallest absolute Gasteiger partial charge is 0.188 e. The molecule has 0 spiro atoms. The highest BCUT2D eigenvalue weighted by Crippen LogP contribution is 2.23. The van der Waals surface area contributed by atoms with E-state index in [1.807, 2.05) is 44.2 Å². The molecule has 20 heavy (non-hydrogen) atoms. The molecule has 0 fully saturated rings. The van der Waals surface area contributed by atoms with E-state index >= 15 is 0 Å². The maximum atomic E-state index is 12.3. The first-order chi connectivity index (χ1) is 9.49. The molecule has 3 nitrogen and oxygen atoms in total. The minimum Gasteiger partial charge on any atom is -0.464 e. The maximum absolute atomic E-state index is 12.3. The molecule has 0 unspecified atom stereocenters. The highest BCUT2D eigenvalue weighted by molar-refractivity contribution is 5.30. The van der Waals surface area contributed by atoms with E-state index in [4.69, 9.17) is 10.2 Å². The van der Waals surface area contributed by atoms with Crippen molar-refractivity contribution in [1.29, 1.82) is 0 Å². The van der Waals surface area contributed by atoms with Gasteiger partial charge in [-0.3, -0.25) is 4.79 Å². The SMILES string of the molecule is Cc1cc(=O)c(Cc2ccccc2)c([C@H](N)C(C)C)o1. The van der Waals surface area contributed by atoms with E-state index in [2.05, 4.69) is 0 Å². The van der Waals surface area contributed by atoms with Gasteiger partial charge in [-0.15, -0.1) is 0 Å². The Morgan fingerprint density at radius 3 is 2.45 bits per heavy atom. The second kappa shape index (κ2) is 6.06. The van der Waals surface area contributed by atoms with Gasteiger partial charge in [-0.2, -0.15) is 0 Å². The van der Waals surface area contributed by atoms with E-state index < -0.39 is 0 Å². The highest BCUT2D eigenvalue weighted by atomic mass is 16.3. The van der Waals surface area contributed by atoms with Crippen molar-refractivity contribution < 1.29 is 4.42 Å². The third kappa shape index (κ3) is 3.17. The summed E-state index contributed by atoms with van der Waals surface area (Å²) in [5, 5.41) is 0. The molecule has 0 saturated carbocycles. The van der Waals surface area contributed by atoms with E-state index in [0.29, 0.717) is 23.5 Å². The van der Waals surface area contributed by atoms with Gasteiger partial charge in [0.25, 0.3) is 0 Å². The Balaban J connectivity index is 2.48. The predicted octanol–water partition coefficient (Wildman–Crippen LogP) is 3.19. The van der Waals surface area contributed by atoms with Crippen molar-refractivity contribution in [3.8, 4) is 0 Å². The van der Waals surface area contributed by atoms with Gasteiger partial charge in [0.1, 0.15) is 11.5 Å². The fourth-order valence-corrected chi connectivity index (χ4v) is 2.20. The average molecular weight is 271 g/mol. The lowest BCUT2D eigenvalue weighted by Crippen LogP contribution is -2.23. The summed E-state index contributed by atoms with van der Waals surface area (Å²) in [5.41, 5.74) is 7.95. The Kier molecular flexibility index (Phi) is 4.40. The number of aryl methyl sites for hydroxylation is 1. The lowest BCUT2D eigenvalue weighted by atomic mass is 9.95. The Bertz CT molecular complexity index is 629. The van der Waals surface area contributed by atoms with Gasteiger partial charge in [-0.25, -0.2) is 0 Å². The summed E-state index contributed by atoms with van der Waals surface area (Å²) in [5.74, 6) is 1.45. The van der Waals surface area contributed by atoms with Crippen LogP contribution in [-0.2, 0) is 6.42 Å². The van der Waals surface area contributed by atoms with Gasteiger partial charge < -0.3 is 10.2 Å². The number of hydrogen-bond acceptors (Lipinski definition) is 3. The first-order valence-corrected chi connectivity index (χ1v) is 6.92. The van der Waals surface area contributed by atoms with Gasteiger partial charge in [0.2, 0.25) is 0 Å². The zero-order valence-electron chi connectivity index (χ0n) is 12.2. The van der Waals surface area contributed by atoms with Crippen LogP contribution in [0.25, 0.3) is 0 Å². The summed E-state index contributed by atoms with van der Waals surface area (Å²) < 4.78 is 5.76. The summed E-state index contributed by atoms with van der Waals surface area (Å²) in [7, 11) is 0. The maximum Gasteiger partial charge on any atom is 0.188 e. The Morgan fingerprint density at radius 2 is 1.85 bits per heavy atom. The van der Waals surface area contributed by atoms with Gasteiger partial charge in [-0.05, 0) is 18.4 Å². The molecule has 0 amide bonds. The van der Waals surface area contributed by atoms with Crippen LogP contribution in [0.5, 0.6) is 0 Å². The first-order valence-electron chi connectivity index (χ1n) is 6.92. The van der Waals surface area contributed by atoms with Crippen LogP contribution < -0.4 is 11.2 Å². The second-order valence-corrected chi connectivity index (χ2v) is 5.50. The first kappa shape index (κ1) is 14.5. The molecule has 0 saturated heterocycles. The van der Waals surface area contributed by atoms with Crippen molar-refractivity contribution in [2.24, 2.45) is 11.7 Å². The average Bonchev–Trinajstić information content (AvgIpc) is 2.41. The Hall–Kier alpha value is -1.87. The van der Waals surface area contributed by atoms with Gasteiger partial charge in [0.05, 0.1) is 6.04 Å². The van der Waals surface area contributed by atoms with Crippen LogP contribution in [0.15, 0.2) is 45.6 Å². The van der Waals surface area contributed by atoms with Crippen molar-refractivity contribution in [2.75, 3.05) is 0 Å². The van der Waals surface area contributed by atoms with Crippen molar-refractivity contribution >= 4 is 0 Å². The largest absolute Gasteiger partial charge is 0.464 e. The van der Waals surface area contributed by atoms with Crippen molar-refractivity contribution in [3.63, 3.8) is 0 Å². The molecule has 1 heterocycles. The van der Waals surface area contributed by atoms with E-state index in [1.54, 1.807) is 6.92 Å². The lowest BCUT2D eigenvalue weighted by molar-refractivity contribution is 0.373. The zero-order chi connectivity index (χ0) is 14.7. The highest BCUT2D eigenvalue weighted by Gasteiger charge is 2.20. The van der Waals surface area contributed by atoms with Crippen LogP contribution in [0, 0.1) is 12.8 Å². The molecule has 0 aliphatic rings. The minimum atomic E-state index is -0.263. The van der Waals surface area contributed by atoms with Crippen molar-refractivity contribution in [2.45, 2.75) is 33.2 Å². The molecule has 0 radical (unpaired) electrons. The van der Waals surface area contributed by atoms with Gasteiger partial charge >= 0.3 is 0 Å². The summed E-state index contributed by atoms with van der Waals surface area (Å²) >= 11 is 0. The monoisotopic (exact) mass is 271 g/mol. The second-order valence-electron chi connectivity index (χ2n) is 5.50. The summed E-state index contributed by atoms with van der Waals surface area (Å²) in [6, 6.07) is 11.2. The van der Waals surface area contributed by atoms with Crippen LogP contribution >= 0.6 is 0 Å². The summed E-state index contributed by atoms with van der Waals surface area (Å²) in [6.07, 6.45) is 0.555. The van der Waals surface area contributed by atoms with Gasteiger partial charge in [0.15, 0.2) is 5.43 Å². The van der Waals surface area contributed by atoms with Crippen LogP contribution in [0.1, 0.15) is 42.5 Å². The van der Waals surface area contributed by atoms with E-state index in [-0.39, 0.29) is 17.4 Å². The fourth-order valence-electron chi connectivity index (χ4n) is 2.20. The molecule has 1 atom stereocenters. The summed E-state index contributed by atoms with van der Waals surface area (Å²) in [6.45, 7) is 5.84. The van der Waals surface area contributed by atoms with Crippen LogP contribution in [0.4, 0.5) is 0 Å². The van der Waals surface area contributed by atoms with Crippen molar-refractivity contribution in [1.82, 2.24) is 0 Å². The summed E-state index contributed by atoms with van der Waals surface area (Å²) in [4.78, 5) is 12.3. The Labute approximate surface area is 119 Å². The van der Waals surface area contributed by atoms with E-state index in [9.17, 15) is 4.79 Å². The number of rotatable bonds is 4. The number of hydrogen-bond donors (Lipinski definition) is 1. The lowest BCUT2D eigenvalue weighted by Gasteiger charge is -2.18. The molecule has 106 valence electrons. The van der Waals surface area contributed by atoms with Gasteiger partial charge in [0, 0.05) is 18.1 Å². The number of benzene rings is 1. The minimum absolute atomic E-state index is 0.00343. The van der Waals surface area contributed by atoms with E-state index in [0.717, 1.165) is 5.56 Å². The Morgan fingerprint density at radius 1 is 1.20 bits per heavy atom. The van der Waals surface area contributed by atoms with Gasteiger partial charge in [-0.1, -0.05) is 44.2 Å². The van der Waals surface area contributed by atoms with Crippen LogP contribution in [0.2, 0.25) is 0 Å². The molecule has 3 heteroatoms. The van der Waals surface area contributed by atoms with Crippen LogP contribution in [0.3, 0.4) is 0 Å². The molecule has 2 N–H and O–H groups in total. The molecular formula is C17H21NO2. The zero-order valence-corrected chi connectivity index (χ0v) is 12.2. The molecule has 0 aliphatic heterocycles.